The second-order valence-electron chi connectivity index (χ2n) is 2.92. The first-order valence-corrected chi connectivity index (χ1v) is 4.75. The third-order valence-corrected chi connectivity index (χ3v) is 2.29. The van der Waals surface area contributed by atoms with Crippen molar-refractivity contribution in [2.45, 2.75) is 19.9 Å². The predicted molar refractivity (Wildman–Crippen MR) is 49.2 cm³/mol. The van der Waals surface area contributed by atoms with E-state index in [0.717, 1.165) is 5.13 Å². The molecule has 0 saturated carbocycles. The molecule has 0 bridgehead atoms. The van der Waals surface area contributed by atoms with Crippen molar-refractivity contribution in [3.63, 3.8) is 0 Å². The van der Waals surface area contributed by atoms with Gasteiger partial charge in [-0.2, -0.15) is 0 Å². The fourth-order valence-electron chi connectivity index (χ4n) is 0.818. The average molecular weight is 187 g/mol. The van der Waals surface area contributed by atoms with Crippen LogP contribution < -0.4 is 5.32 Å². The SMILES string of the molecule is CC(C)C(CO)Nc1nncs1. The molecular weight excluding hydrogens is 174 g/mol. The van der Waals surface area contributed by atoms with E-state index >= 15 is 0 Å². The Bertz CT molecular complexity index is 212. The number of anilines is 1. The van der Waals surface area contributed by atoms with Gasteiger partial charge in [0.25, 0.3) is 0 Å². The number of nitrogens with one attached hydrogen (secondary N) is 1. The van der Waals surface area contributed by atoms with Crippen LogP contribution in [0.25, 0.3) is 0 Å². The molecule has 4 nitrogen and oxygen atoms in total. The minimum atomic E-state index is 0.0675. The first kappa shape index (κ1) is 9.41. The van der Waals surface area contributed by atoms with E-state index in [1.807, 2.05) is 0 Å². The first-order valence-electron chi connectivity index (χ1n) is 3.87. The molecule has 0 aliphatic rings. The second kappa shape index (κ2) is 4.37. The molecule has 1 atom stereocenters. The number of aliphatic hydroxyl groups is 1. The molecule has 12 heavy (non-hydrogen) atoms. The molecular formula is C7H13N3OS. The molecule has 1 heterocycles. The normalized spacial score (nSPS) is 13.3. The van der Waals surface area contributed by atoms with Gasteiger partial charge in [0.05, 0.1) is 12.6 Å². The number of rotatable bonds is 4. The second-order valence-corrected chi connectivity index (χ2v) is 3.75. The summed E-state index contributed by atoms with van der Waals surface area (Å²) >= 11 is 1.44. The highest BCUT2D eigenvalue weighted by molar-refractivity contribution is 7.13. The topological polar surface area (TPSA) is 58.0 Å². The summed E-state index contributed by atoms with van der Waals surface area (Å²) in [5, 5.41) is 20.4. The van der Waals surface area contributed by atoms with Gasteiger partial charge in [-0.1, -0.05) is 25.2 Å². The molecule has 5 heteroatoms. The molecule has 0 aliphatic carbocycles. The van der Waals surface area contributed by atoms with E-state index in [2.05, 4.69) is 29.4 Å². The maximum Gasteiger partial charge on any atom is 0.205 e. The highest BCUT2D eigenvalue weighted by Crippen LogP contribution is 2.13. The van der Waals surface area contributed by atoms with Crippen LogP contribution in [0, 0.1) is 5.92 Å². The summed E-state index contributed by atoms with van der Waals surface area (Å²) in [6.07, 6.45) is 0. The Morgan fingerprint density at radius 2 is 2.42 bits per heavy atom. The van der Waals surface area contributed by atoms with Crippen molar-refractivity contribution in [1.82, 2.24) is 10.2 Å². The van der Waals surface area contributed by atoms with Gasteiger partial charge in [-0.3, -0.25) is 0 Å². The number of aliphatic hydroxyl groups excluding tert-OH is 1. The van der Waals surface area contributed by atoms with Crippen molar-refractivity contribution in [3.8, 4) is 0 Å². The van der Waals surface area contributed by atoms with Crippen molar-refractivity contribution in [2.75, 3.05) is 11.9 Å². The monoisotopic (exact) mass is 187 g/mol. The van der Waals surface area contributed by atoms with Crippen LogP contribution in [-0.4, -0.2) is 28.0 Å². The molecule has 1 aromatic rings. The summed E-state index contributed by atoms with van der Waals surface area (Å²) in [4.78, 5) is 0. The van der Waals surface area contributed by atoms with Gasteiger partial charge in [-0.15, -0.1) is 10.2 Å². The van der Waals surface area contributed by atoms with Crippen molar-refractivity contribution in [2.24, 2.45) is 5.92 Å². The zero-order chi connectivity index (χ0) is 8.97. The maximum atomic E-state index is 8.99. The van der Waals surface area contributed by atoms with Crippen LogP contribution in [0.15, 0.2) is 5.51 Å². The molecule has 0 amide bonds. The van der Waals surface area contributed by atoms with Crippen LogP contribution in [-0.2, 0) is 0 Å². The van der Waals surface area contributed by atoms with Gasteiger partial charge in [-0.25, -0.2) is 0 Å². The summed E-state index contributed by atoms with van der Waals surface area (Å²) < 4.78 is 0. The molecule has 0 radical (unpaired) electrons. The van der Waals surface area contributed by atoms with Crippen molar-refractivity contribution >= 4 is 16.5 Å². The molecule has 68 valence electrons. The van der Waals surface area contributed by atoms with E-state index in [0.29, 0.717) is 5.92 Å². The summed E-state index contributed by atoms with van der Waals surface area (Å²) in [5.41, 5.74) is 1.66. The van der Waals surface area contributed by atoms with Crippen LogP contribution in [0.1, 0.15) is 13.8 Å². The summed E-state index contributed by atoms with van der Waals surface area (Å²) in [6.45, 7) is 4.22. The molecule has 1 aromatic heterocycles. The lowest BCUT2D eigenvalue weighted by molar-refractivity contribution is 0.249. The molecule has 1 rings (SSSR count). The molecule has 0 saturated heterocycles. The lowest BCUT2D eigenvalue weighted by Crippen LogP contribution is -2.29. The van der Waals surface area contributed by atoms with Crippen LogP contribution >= 0.6 is 11.3 Å². The number of nitrogens with zero attached hydrogens (tertiary/aromatic N) is 2. The Balaban J connectivity index is 2.48. The van der Waals surface area contributed by atoms with Gasteiger partial charge in [0.1, 0.15) is 5.51 Å². The van der Waals surface area contributed by atoms with Crippen molar-refractivity contribution < 1.29 is 5.11 Å². The number of aromatic nitrogens is 2. The van der Waals surface area contributed by atoms with Crippen LogP contribution in [0.2, 0.25) is 0 Å². The molecule has 0 aromatic carbocycles. The van der Waals surface area contributed by atoms with Gasteiger partial charge in [0.2, 0.25) is 5.13 Å². The Labute approximate surface area is 75.6 Å². The Morgan fingerprint density at radius 3 is 2.83 bits per heavy atom. The van der Waals surface area contributed by atoms with Crippen LogP contribution in [0.4, 0.5) is 5.13 Å². The minimum absolute atomic E-state index is 0.0675. The fourth-order valence-corrected chi connectivity index (χ4v) is 1.33. The van der Waals surface area contributed by atoms with E-state index in [1.165, 1.54) is 11.3 Å². The number of hydrogen-bond acceptors (Lipinski definition) is 5. The van der Waals surface area contributed by atoms with Crippen molar-refractivity contribution in [1.29, 1.82) is 0 Å². The van der Waals surface area contributed by atoms with E-state index in [9.17, 15) is 0 Å². The molecule has 0 fully saturated rings. The summed E-state index contributed by atoms with van der Waals surface area (Å²) in [6, 6.07) is 0.0675. The summed E-state index contributed by atoms with van der Waals surface area (Å²) in [7, 11) is 0. The van der Waals surface area contributed by atoms with Crippen molar-refractivity contribution in [3.05, 3.63) is 5.51 Å². The van der Waals surface area contributed by atoms with E-state index in [4.69, 9.17) is 5.11 Å². The average Bonchev–Trinajstić information content (AvgIpc) is 2.51. The highest BCUT2D eigenvalue weighted by Gasteiger charge is 2.12. The Hall–Kier alpha value is -0.680. The summed E-state index contributed by atoms with van der Waals surface area (Å²) in [5.74, 6) is 0.388. The predicted octanol–water partition coefficient (Wildman–Crippen LogP) is 0.967. The van der Waals surface area contributed by atoms with Gasteiger partial charge < -0.3 is 10.4 Å². The highest BCUT2D eigenvalue weighted by atomic mass is 32.1. The standard InChI is InChI=1S/C7H13N3OS/c1-5(2)6(3-11)9-7-10-8-4-12-7/h4-6,11H,3H2,1-2H3,(H,9,10). The quantitative estimate of drug-likeness (QED) is 0.737. The third kappa shape index (κ3) is 2.42. The first-order chi connectivity index (χ1) is 5.74. The maximum absolute atomic E-state index is 8.99. The zero-order valence-electron chi connectivity index (χ0n) is 7.19. The molecule has 2 N–H and O–H groups in total. The third-order valence-electron chi connectivity index (χ3n) is 1.67. The van der Waals surface area contributed by atoms with Crippen LogP contribution in [0.3, 0.4) is 0 Å². The smallest absolute Gasteiger partial charge is 0.205 e. The Kier molecular flexibility index (Phi) is 3.43. The van der Waals surface area contributed by atoms with Gasteiger partial charge >= 0.3 is 0 Å². The molecule has 1 unspecified atom stereocenters. The lowest BCUT2D eigenvalue weighted by Gasteiger charge is -2.18. The Morgan fingerprint density at radius 1 is 1.67 bits per heavy atom. The zero-order valence-corrected chi connectivity index (χ0v) is 8.01. The van der Waals surface area contributed by atoms with Gasteiger partial charge in [0.15, 0.2) is 0 Å². The van der Waals surface area contributed by atoms with E-state index in [1.54, 1.807) is 5.51 Å². The fraction of sp³-hybridized carbons (Fsp3) is 0.714. The van der Waals surface area contributed by atoms with Gasteiger partial charge in [0, 0.05) is 0 Å². The lowest BCUT2D eigenvalue weighted by atomic mass is 10.1. The minimum Gasteiger partial charge on any atom is -0.394 e. The van der Waals surface area contributed by atoms with E-state index in [-0.39, 0.29) is 12.6 Å². The largest absolute Gasteiger partial charge is 0.394 e. The van der Waals surface area contributed by atoms with Gasteiger partial charge in [-0.05, 0) is 5.92 Å². The molecule has 0 aliphatic heterocycles. The molecule has 0 spiro atoms. The van der Waals surface area contributed by atoms with Crippen LogP contribution in [0.5, 0.6) is 0 Å². The van der Waals surface area contributed by atoms with E-state index < -0.39 is 0 Å². The number of hydrogen-bond donors (Lipinski definition) is 2.